The Morgan fingerprint density at radius 3 is 2.83 bits per heavy atom. The molecule has 1 aromatic heterocycles. The summed E-state index contributed by atoms with van der Waals surface area (Å²) >= 11 is 0. The van der Waals surface area contributed by atoms with Crippen molar-refractivity contribution >= 4 is 5.69 Å². The molecule has 0 unspecified atom stereocenters. The average Bonchev–Trinajstić information content (AvgIpc) is 2.80. The highest BCUT2D eigenvalue weighted by Crippen LogP contribution is 2.26. The van der Waals surface area contributed by atoms with Gasteiger partial charge in [-0.3, -0.25) is 9.88 Å². The van der Waals surface area contributed by atoms with Crippen LogP contribution in [0.25, 0.3) is 0 Å². The molecule has 2 aromatic rings. The molecule has 0 atom stereocenters. The Morgan fingerprint density at radius 1 is 1.17 bits per heavy atom. The molecule has 0 aliphatic carbocycles. The molecule has 0 spiro atoms. The second kappa shape index (κ2) is 4.78. The fourth-order valence-corrected chi connectivity index (χ4v) is 2.45. The Labute approximate surface area is 107 Å². The molecule has 2 heterocycles. The van der Waals surface area contributed by atoms with E-state index in [-0.39, 0.29) is 0 Å². The molecule has 18 heavy (non-hydrogen) atoms. The van der Waals surface area contributed by atoms with Gasteiger partial charge in [0, 0.05) is 38.6 Å². The normalized spacial score (nSPS) is 14.5. The molecule has 3 rings (SSSR count). The molecule has 1 aliphatic heterocycles. The maximum absolute atomic E-state index is 4.38. The Morgan fingerprint density at radius 2 is 2.06 bits per heavy atom. The largest absolute Gasteiger partial charge is 0.388 e. The van der Waals surface area contributed by atoms with Crippen molar-refractivity contribution in [3.8, 4) is 0 Å². The van der Waals surface area contributed by atoms with Gasteiger partial charge in [0.15, 0.2) is 0 Å². The van der Waals surface area contributed by atoms with Crippen LogP contribution in [0.2, 0.25) is 0 Å². The van der Waals surface area contributed by atoms with Gasteiger partial charge in [0.25, 0.3) is 0 Å². The third-order valence-corrected chi connectivity index (χ3v) is 3.39. The number of aromatic nitrogens is 1. The van der Waals surface area contributed by atoms with E-state index in [4.69, 9.17) is 0 Å². The first-order valence-corrected chi connectivity index (χ1v) is 6.27. The smallest absolute Gasteiger partial charge is 0.0544 e. The van der Waals surface area contributed by atoms with Gasteiger partial charge >= 0.3 is 0 Å². The Bertz CT molecular complexity index is 537. The van der Waals surface area contributed by atoms with E-state index in [1.807, 2.05) is 25.4 Å². The maximum atomic E-state index is 4.38. The highest BCUT2D eigenvalue weighted by molar-refractivity contribution is 5.49. The van der Waals surface area contributed by atoms with E-state index in [0.717, 1.165) is 25.3 Å². The molecular weight excluding hydrogens is 222 g/mol. The Balaban J connectivity index is 1.73. The van der Waals surface area contributed by atoms with Crippen LogP contribution in [0.15, 0.2) is 42.6 Å². The monoisotopic (exact) mass is 239 g/mol. The first-order valence-electron chi connectivity index (χ1n) is 6.27. The highest BCUT2D eigenvalue weighted by Gasteiger charge is 2.19. The summed E-state index contributed by atoms with van der Waals surface area (Å²) in [5.41, 5.74) is 5.19. The summed E-state index contributed by atoms with van der Waals surface area (Å²) in [5.74, 6) is 0. The molecule has 0 saturated heterocycles. The zero-order valence-electron chi connectivity index (χ0n) is 10.6. The van der Waals surface area contributed by atoms with Crippen molar-refractivity contribution < 1.29 is 0 Å². The molecule has 3 nitrogen and oxygen atoms in total. The van der Waals surface area contributed by atoms with Gasteiger partial charge in [-0.15, -0.1) is 0 Å². The second-order valence-corrected chi connectivity index (χ2v) is 4.70. The quantitative estimate of drug-likeness (QED) is 0.892. The lowest BCUT2D eigenvalue weighted by Gasteiger charge is -2.13. The zero-order valence-corrected chi connectivity index (χ0v) is 10.6. The van der Waals surface area contributed by atoms with Crippen LogP contribution in [0.4, 0.5) is 5.69 Å². The van der Waals surface area contributed by atoms with Gasteiger partial charge in [-0.25, -0.2) is 0 Å². The minimum Gasteiger partial charge on any atom is -0.388 e. The van der Waals surface area contributed by atoms with E-state index in [0.29, 0.717) is 0 Å². The predicted molar refractivity (Wildman–Crippen MR) is 73.2 cm³/mol. The summed E-state index contributed by atoms with van der Waals surface area (Å²) in [6, 6.07) is 12.7. The number of fused-ring (bicyclic) bond motifs is 1. The summed E-state index contributed by atoms with van der Waals surface area (Å²) in [5, 5.41) is 3.19. The third kappa shape index (κ3) is 2.22. The molecule has 0 bridgehead atoms. The van der Waals surface area contributed by atoms with Crippen molar-refractivity contribution in [3.05, 3.63) is 59.4 Å². The number of anilines is 1. The number of pyridine rings is 1. The first kappa shape index (κ1) is 11.2. The van der Waals surface area contributed by atoms with Crippen LogP contribution in [0.1, 0.15) is 16.8 Å². The van der Waals surface area contributed by atoms with E-state index >= 15 is 0 Å². The molecule has 92 valence electrons. The number of nitrogens with zero attached hydrogens (tertiary/aromatic N) is 2. The number of rotatable bonds is 3. The molecule has 0 radical (unpaired) electrons. The Hall–Kier alpha value is -1.87. The minimum absolute atomic E-state index is 0.921. The SMILES string of the molecule is CNc1ccc2c(c1)CN(Cc1ccccn1)C2. The number of hydrogen-bond donors (Lipinski definition) is 1. The van der Waals surface area contributed by atoms with Crippen LogP contribution in [-0.4, -0.2) is 16.9 Å². The third-order valence-electron chi connectivity index (χ3n) is 3.39. The van der Waals surface area contributed by atoms with Gasteiger partial charge in [-0.2, -0.15) is 0 Å². The van der Waals surface area contributed by atoms with E-state index < -0.39 is 0 Å². The number of hydrogen-bond acceptors (Lipinski definition) is 3. The van der Waals surface area contributed by atoms with Crippen LogP contribution in [0.5, 0.6) is 0 Å². The summed E-state index contributed by atoms with van der Waals surface area (Å²) in [7, 11) is 1.96. The van der Waals surface area contributed by atoms with Crippen molar-refractivity contribution in [1.29, 1.82) is 0 Å². The van der Waals surface area contributed by atoms with E-state index in [1.165, 1.54) is 16.8 Å². The lowest BCUT2D eigenvalue weighted by Crippen LogP contribution is -2.16. The molecule has 0 saturated carbocycles. The molecule has 0 amide bonds. The van der Waals surface area contributed by atoms with E-state index in [2.05, 4.69) is 39.5 Å². The molecule has 1 aliphatic rings. The van der Waals surface area contributed by atoms with Crippen LogP contribution in [0.3, 0.4) is 0 Å². The predicted octanol–water partition coefficient (Wildman–Crippen LogP) is 2.64. The van der Waals surface area contributed by atoms with Gasteiger partial charge in [-0.05, 0) is 35.4 Å². The van der Waals surface area contributed by atoms with Crippen LogP contribution in [0, 0.1) is 0 Å². The zero-order chi connectivity index (χ0) is 12.4. The van der Waals surface area contributed by atoms with Crippen molar-refractivity contribution in [3.63, 3.8) is 0 Å². The van der Waals surface area contributed by atoms with Crippen molar-refractivity contribution in [2.24, 2.45) is 0 Å². The molecule has 3 heteroatoms. The summed E-state index contributed by atoms with van der Waals surface area (Å²) in [6.07, 6.45) is 1.86. The lowest BCUT2D eigenvalue weighted by molar-refractivity contribution is 0.272. The standard InChI is InChI=1S/C15H17N3/c1-16-14-6-5-12-9-18(10-13(12)8-14)11-15-4-2-3-7-17-15/h2-8,16H,9-11H2,1H3. The molecule has 0 fully saturated rings. The minimum atomic E-state index is 0.921. The van der Waals surface area contributed by atoms with Crippen molar-refractivity contribution in [2.45, 2.75) is 19.6 Å². The lowest BCUT2D eigenvalue weighted by atomic mass is 10.1. The maximum Gasteiger partial charge on any atom is 0.0544 e. The fraction of sp³-hybridized carbons (Fsp3) is 0.267. The highest BCUT2D eigenvalue weighted by atomic mass is 15.1. The van der Waals surface area contributed by atoms with Gasteiger partial charge in [0.05, 0.1) is 5.69 Å². The summed E-state index contributed by atoms with van der Waals surface area (Å²) in [4.78, 5) is 6.81. The molecule has 1 N–H and O–H groups in total. The van der Waals surface area contributed by atoms with Crippen molar-refractivity contribution in [2.75, 3.05) is 12.4 Å². The van der Waals surface area contributed by atoms with Crippen LogP contribution < -0.4 is 5.32 Å². The van der Waals surface area contributed by atoms with Gasteiger partial charge in [-0.1, -0.05) is 12.1 Å². The van der Waals surface area contributed by atoms with Gasteiger partial charge in [0.2, 0.25) is 0 Å². The summed E-state index contributed by atoms with van der Waals surface area (Å²) in [6.45, 7) is 2.96. The van der Waals surface area contributed by atoms with Gasteiger partial charge in [0.1, 0.15) is 0 Å². The second-order valence-electron chi connectivity index (χ2n) is 4.70. The van der Waals surface area contributed by atoms with E-state index in [9.17, 15) is 0 Å². The fourth-order valence-electron chi connectivity index (χ4n) is 2.45. The number of benzene rings is 1. The topological polar surface area (TPSA) is 28.2 Å². The van der Waals surface area contributed by atoms with E-state index in [1.54, 1.807) is 0 Å². The summed E-state index contributed by atoms with van der Waals surface area (Å²) < 4.78 is 0. The van der Waals surface area contributed by atoms with Crippen molar-refractivity contribution in [1.82, 2.24) is 9.88 Å². The molecule has 1 aromatic carbocycles. The van der Waals surface area contributed by atoms with Crippen LogP contribution in [-0.2, 0) is 19.6 Å². The first-order chi connectivity index (χ1) is 8.85. The average molecular weight is 239 g/mol. The van der Waals surface area contributed by atoms with Crippen LogP contribution >= 0.6 is 0 Å². The van der Waals surface area contributed by atoms with Gasteiger partial charge < -0.3 is 5.32 Å². The molecular formula is C15H17N3. The number of nitrogens with one attached hydrogen (secondary N) is 1. The Kier molecular flexibility index (Phi) is 2.99.